The van der Waals surface area contributed by atoms with E-state index in [1.54, 1.807) is 11.8 Å². The quantitative estimate of drug-likeness (QED) is 0.850. The minimum Gasteiger partial charge on any atom is -0.381 e. The standard InChI is InChI=1S/C14H17F2NO2S/c15-11-2-1-3-12(16)13(11)14(18)17-6-9-20-10-4-7-19-8-5-10/h1-3,10H,4-9H2,(H,17,18). The van der Waals surface area contributed by atoms with Gasteiger partial charge in [0.15, 0.2) is 0 Å². The average Bonchev–Trinajstić information content (AvgIpc) is 2.44. The lowest BCUT2D eigenvalue weighted by Gasteiger charge is -2.21. The SMILES string of the molecule is O=C(NCCSC1CCOCC1)c1c(F)cccc1F. The van der Waals surface area contributed by atoms with Gasteiger partial charge in [0.05, 0.1) is 0 Å². The van der Waals surface area contributed by atoms with Gasteiger partial charge in [0.25, 0.3) is 5.91 Å². The summed E-state index contributed by atoms with van der Waals surface area (Å²) >= 11 is 1.76. The highest BCUT2D eigenvalue weighted by Crippen LogP contribution is 2.21. The van der Waals surface area contributed by atoms with Crippen molar-refractivity contribution >= 4 is 17.7 Å². The Morgan fingerprint density at radius 3 is 2.60 bits per heavy atom. The number of nitrogens with one attached hydrogen (secondary N) is 1. The summed E-state index contributed by atoms with van der Waals surface area (Å²) in [5, 5.41) is 3.10. The molecule has 1 N–H and O–H groups in total. The first kappa shape index (κ1) is 15.3. The van der Waals surface area contributed by atoms with Gasteiger partial charge in [0, 0.05) is 30.8 Å². The van der Waals surface area contributed by atoms with Crippen LogP contribution in [0, 0.1) is 11.6 Å². The molecule has 0 spiro atoms. The molecule has 110 valence electrons. The van der Waals surface area contributed by atoms with Gasteiger partial charge in [0.2, 0.25) is 0 Å². The van der Waals surface area contributed by atoms with E-state index in [0.717, 1.165) is 43.9 Å². The van der Waals surface area contributed by atoms with Crippen LogP contribution in [0.15, 0.2) is 18.2 Å². The van der Waals surface area contributed by atoms with E-state index in [-0.39, 0.29) is 0 Å². The molecular formula is C14H17F2NO2S. The van der Waals surface area contributed by atoms with Crippen molar-refractivity contribution in [2.75, 3.05) is 25.5 Å². The van der Waals surface area contributed by atoms with Crippen LogP contribution in [0.2, 0.25) is 0 Å². The molecule has 20 heavy (non-hydrogen) atoms. The minimum absolute atomic E-state index is 0.397. The number of ether oxygens (including phenoxy) is 1. The average molecular weight is 301 g/mol. The molecule has 1 fully saturated rings. The van der Waals surface area contributed by atoms with Crippen molar-refractivity contribution < 1.29 is 18.3 Å². The molecule has 0 unspecified atom stereocenters. The fourth-order valence-corrected chi connectivity index (χ4v) is 3.11. The van der Waals surface area contributed by atoms with E-state index < -0.39 is 23.1 Å². The zero-order valence-corrected chi connectivity index (χ0v) is 11.8. The minimum atomic E-state index is -0.834. The van der Waals surface area contributed by atoms with E-state index >= 15 is 0 Å². The molecule has 1 aliphatic rings. The Hall–Kier alpha value is -1.14. The van der Waals surface area contributed by atoms with Gasteiger partial charge in [-0.1, -0.05) is 6.07 Å². The van der Waals surface area contributed by atoms with Crippen LogP contribution >= 0.6 is 11.8 Å². The Labute approximate surface area is 121 Å². The molecule has 0 bridgehead atoms. The Morgan fingerprint density at radius 1 is 1.30 bits per heavy atom. The van der Waals surface area contributed by atoms with Gasteiger partial charge in [0.1, 0.15) is 17.2 Å². The van der Waals surface area contributed by atoms with Gasteiger partial charge in [-0.05, 0) is 25.0 Å². The number of rotatable bonds is 5. The zero-order chi connectivity index (χ0) is 14.4. The molecular weight excluding hydrogens is 284 g/mol. The third kappa shape index (κ3) is 4.18. The molecule has 1 heterocycles. The van der Waals surface area contributed by atoms with Crippen LogP contribution in [-0.2, 0) is 4.74 Å². The number of benzene rings is 1. The summed E-state index contributed by atoms with van der Waals surface area (Å²) in [7, 11) is 0. The van der Waals surface area contributed by atoms with Crippen LogP contribution in [0.25, 0.3) is 0 Å². The number of halogens is 2. The maximum Gasteiger partial charge on any atom is 0.257 e. The lowest BCUT2D eigenvalue weighted by molar-refractivity contribution is 0.0946. The largest absolute Gasteiger partial charge is 0.381 e. The Bertz CT molecular complexity index is 444. The smallest absolute Gasteiger partial charge is 0.257 e. The van der Waals surface area contributed by atoms with Crippen LogP contribution in [0.5, 0.6) is 0 Å². The maximum atomic E-state index is 13.4. The predicted octanol–water partition coefficient (Wildman–Crippen LogP) is 2.61. The van der Waals surface area contributed by atoms with Crippen molar-refractivity contribution in [1.82, 2.24) is 5.32 Å². The summed E-state index contributed by atoms with van der Waals surface area (Å²) < 4.78 is 32.0. The van der Waals surface area contributed by atoms with Crippen LogP contribution in [0.1, 0.15) is 23.2 Å². The van der Waals surface area contributed by atoms with Crippen molar-refractivity contribution in [3.05, 3.63) is 35.4 Å². The van der Waals surface area contributed by atoms with Gasteiger partial charge in [-0.15, -0.1) is 0 Å². The summed E-state index contributed by atoms with van der Waals surface area (Å²) in [4.78, 5) is 11.7. The summed E-state index contributed by atoms with van der Waals surface area (Å²) in [6.07, 6.45) is 2.03. The molecule has 0 atom stereocenters. The first-order chi connectivity index (χ1) is 9.68. The van der Waals surface area contributed by atoms with Crippen molar-refractivity contribution in [2.24, 2.45) is 0 Å². The van der Waals surface area contributed by atoms with Crippen molar-refractivity contribution in [3.8, 4) is 0 Å². The number of amides is 1. The first-order valence-electron chi connectivity index (χ1n) is 6.60. The van der Waals surface area contributed by atoms with Crippen molar-refractivity contribution in [1.29, 1.82) is 0 Å². The summed E-state index contributed by atoms with van der Waals surface area (Å²) in [6.45, 7) is 1.96. The van der Waals surface area contributed by atoms with Crippen molar-refractivity contribution in [3.63, 3.8) is 0 Å². The van der Waals surface area contributed by atoms with Crippen LogP contribution in [0.4, 0.5) is 8.78 Å². The fourth-order valence-electron chi connectivity index (χ4n) is 2.04. The summed E-state index contributed by atoms with van der Waals surface area (Å²) in [5.41, 5.74) is -0.511. The Balaban J connectivity index is 1.75. The number of thioether (sulfide) groups is 1. The van der Waals surface area contributed by atoms with E-state index in [0.29, 0.717) is 11.8 Å². The molecule has 0 aliphatic carbocycles. The second-order valence-electron chi connectivity index (χ2n) is 4.54. The van der Waals surface area contributed by atoms with Gasteiger partial charge in [-0.3, -0.25) is 4.79 Å². The second-order valence-corrected chi connectivity index (χ2v) is 5.94. The highest BCUT2D eigenvalue weighted by molar-refractivity contribution is 7.99. The molecule has 6 heteroatoms. The van der Waals surface area contributed by atoms with Gasteiger partial charge >= 0.3 is 0 Å². The van der Waals surface area contributed by atoms with E-state index in [1.807, 2.05) is 0 Å². The Morgan fingerprint density at radius 2 is 1.95 bits per heavy atom. The third-order valence-electron chi connectivity index (χ3n) is 3.10. The summed E-state index contributed by atoms with van der Waals surface area (Å²) in [5.74, 6) is -1.64. The van der Waals surface area contributed by atoms with Crippen LogP contribution in [-0.4, -0.2) is 36.7 Å². The molecule has 1 amide bonds. The normalized spacial score (nSPS) is 16.1. The molecule has 0 radical (unpaired) electrons. The number of carbonyl (C=O) groups excluding carboxylic acids is 1. The molecule has 1 aliphatic heterocycles. The predicted molar refractivity (Wildman–Crippen MR) is 75.0 cm³/mol. The molecule has 0 saturated carbocycles. The Kier molecular flexibility index (Phi) is 5.79. The van der Waals surface area contributed by atoms with Crippen molar-refractivity contribution in [2.45, 2.75) is 18.1 Å². The number of carbonyl (C=O) groups is 1. The second kappa shape index (κ2) is 7.59. The molecule has 3 nitrogen and oxygen atoms in total. The van der Waals surface area contributed by atoms with E-state index in [1.165, 1.54) is 6.07 Å². The van der Waals surface area contributed by atoms with E-state index in [9.17, 15) is 13.6 Å². The van der Waals surface area contributed by atoms with Gasteiger partial charge in [-0.25, -0.2) is 8.78 Å². The topological polar surface area (TPSA) is 38.3 Å². The highest BCUT2D eigenvalue weighted by atomic mass is 32.2. The zero-order valence-electron chi connectivity index (χ0n) is 11.0. The highest BCUT2D eigenvalue weighted by Gasteiger charge is 2.17. The number of hydrogen-bond acceptors (Lipinski definition) is 3. The van der Waals surface area contributed by atoms with Crippen LogP contribution < -0.4 is 5.32 Å². The molecule has 1 saturated heterocycles. The molecule has 2 rings (SSSR count). The lowest BCUT2D eigenvalue weighted by Crippen LogP contribution is -2.28. The monoisotopic (exact) mass is 301 g/mol. The fraction of sp³-hybridized carbons (Fsp3) is 0.500. The van der Waals surface area contributed by atoms with Crippen LogP contribution in [0.3, 0.4) is 0 Å². The number of hydrogen-bond donors (Lipinski definition) is 1. The molecule has 0 aromatic heterocycles. The summed E-state index contributed by atoms with van der Waals surface area (Å²) in [6, 6.07) is 3.39. The maximum absolute atomic E-state index is 13.4. The first-order valence-corrected chi connectivity index (χ1v) is 7.65. The lowest BCUT2D eigenvalue weighted by atomic mass is 10.2. The van der Waals surface area contributed by atoms with E-state index in [2.05, 4.69) is 5.32 Å². The van der Waals surface area contributed by atoms with Gasteiger partial charge < -0.3 is 10.1 Å². The molecule has 1 aromatic carbocycles. The van der Waals surface area contributed by atoms with Gasteiger partial charge in [-0.2, -0.15) is 11.8 Å². The van der Waals surface area contributed by atoms with E-state index in [4.69, 9.17) is 4.74 Å². The molecule has 1 aromatic rings. The third-order valence-corrected chi connectivity index (χ3v) is 4.48.